The number of hydrogen-bond donors (Lipinski definition) is 3. The zero-order valence-corrected chi connectivity index (χ0v) is 10.9. The number of aliphatic hydroxyl groups is 2. The Labute approximate surface area is 117 Å². The summed E-state index contributed by atoms with van der Waals surface area (Å²) in [5, 5.41) is 19.1. The molecule has 4 atom stereocenters. The molecule has 0 aromatic carbocycles. The third-order valence-electron chi connectivity index (χ3n) is 3.60. The normalized spacial score (nSPS) is 32.9. The molecule has 4 N–H and O–H groups in total. The number of nitrogens with zero attached hydrogens (tertiary/aromatic N) is 4. The van der Waals surface area contributed by atoms with E-state index in [9.17, 15) is 19.0 Å². The van der Waals surface area contributed by atoms with Crippen LogP contribution in [0, 0.1) is 6.08 Å². The Kier molecular flexibility index (Phi) is 3.04. The van der Waals surface area contributed by atoms with Crippen molar-refractivity contribution in [2.45, 2.75) is 31.0 Å². The van der Waals surface area contributed by atoms with Crippen molar-refractivity contribution in [3.63, 3.8) is 0 Å². The lowest BCUT2D eigenvalue weighted by molar-refractivity contribution is -0.115. The standard InChI is InChI=1S/C11H13F2N5O3/c1-11(2-19)6(20)4(12)9(21-11)18-3-15-5-7(14)16-10(13)17-8(5)18/h3-4,6,9,19-20H,2H2,1H3,(H2,14,16,17). The van der Waals surface area contributed by atoms with Crippen molar-refractivity contribution in [1.82, 2.24) is 19.5 Å². The third-order valence-corrected chi connectivity index (χ3v) is 3.60. The van der Waals surface area contributed by atoms with Crippen molar-refractivity contribution in [2.24, 2.45) is 0 Å². The highest BCUT2D eigenvalue weighted by Gasteiger charge is 2.53. The molecule has 0 bridgehead atoms. The van der Waals surface area contributed by atoms with E-state index in [1.807, 2.05) is 0 Å². The zero-order chi connectivity index (χ0) is 15.4. The van der Waals surface area contributed by atoms with Gasteiger partial charge in [-0.3, -0.25) is 4.57 Å². The molecule has 8 nitrogen and oxygen atoms in total. The average molecular weight is 301 g/mol. The maximum atomic E-state index is 14.3. The number of hydrogen-bond acceptors (Lipinski definition) is 7. The quantitative estimate of drug-likeness (QED) is 0.641. The summed E-state index contributed by atoms with van der Waals surface area (Å²) in [5.41, 5.74) is 4.09. The van der Waals surface area contributed by atoms with Crippen LogP contribution in [0.2, 0.25) is 0 Å². The van der Waals surface area contributed by atoms with Crippen LogP contribution in [0.1, 0.15) is 13.2 Å². The summed E-state index contributed by atoms with van der Waals surface area (Å²) in [6, 6.07) is 0. The van der Waals surface area contributed by atoms with Crippen LogP contribution in [0.4, 0.5) is 14.6 Å². The lowest BCUT2D eigenvalue weighted by Gasteiger charge is -2.24. The smallest absolute Gasteiger partial charge is 0.312 e. The van der Waals surface area contributed by atoms with Crippen molar-refractivity contribution >= 4 is 17.0 Å². The van der Waals surface area contributed by atoms with Gasteiger partial charge in [-0.25, -0.2) is 9.37 Å². The number of anilines is 1. The molecule has 0 aliphatic carbocycles. The molecule has 3 rings (SSSR count). The monoisotopic (exact) mass is 301 g/mol. The predicted molar refractivity (Wildman–Crippen MR) is 66.2 cm³/mol. The van der Waals surface area contributed by atoms with Gasteiger partial charge in [0, 0.05) is 0 Å². The SMILES string of the molecule is CC1(CO)OC(n2cnc3c(N)nc(F)nc32)C(F)C1O. The second-order valence-electron chi connectivity index (χ2n) is 5.07. The maximum absolute atomic E-state index is 14.3. The van der Waals surface area contributed by atoms with Gasteiger partial charge in [-0.2, -0.15) is 14.4 Å². The molecule has 0 spiro atoms. The Hall–Kier alpha value is -1.91. The van der Waals surface area contributed by atoms with Gasteiger partial charge in [-0.05, 0) is 6.92 Å². The van der Waals surface area contributed by atoms with Gasteiger partial charge in [0.2, 0.25) is 0 Å². The van der Waals surface area contributed by atoms with Crippen molar-refractivity contribution < 1.29 is 23.7 Å². The number of imidazole rings is 1. The number of alkyl halides is 1. The molecule has 1 fully saturated rings. The highest BCUT2D eigenvalue weighted by molar-refractivity contribution is 5.81. The van der Waals surface area contributed by atoms with Crippen molar-refractivity contribution in [3.05, 3.63) is 12.4 Å². The summed E-state index contributed by atoms with van der Waals surface area (Å²) in [4.78, 5) is 10.7. The van der Waals surface area contributed by atoms with Gasteiger partial charge in [-0.1, -0.05) is 0 Å². The molecule has 21 heavy (non-hydrogen) atoms. The summed E-state index contributed by atoms with van der Waals surface area (Å²) >= 11 is 0. The Morgan fingerprint density at radius 1 is 1.52 bits per heavy atom. The van der Waals surface area contributed by atoms with Crippen LogP contribution >= 0.6 is 0 Å². The fraction of sp³-hybridized carbons (Fsp3) is 0.545. The van der Waals surface area contributed by atoms with Gasteiger partial charge in [-0.15, -0.1) is 0 Å². The molecule has 0 radical (unpaired) electrons. The van der Waals surface area contributed by atoms with Crippen LogP contribution in [-0.2, 0) is 4.74 Å². The molecule has 0 saturated carbocycles. The number of rotatable bonds is 2. The third kappa shape index (κ3) is 1.94. The van der Waals surface area contributed by atoms with E-state index in [-0.39, 0.29) is 17.0 Å². The highest BCUT2D eigenvalue weighted by Crippen LogP contribution is 2.39. The predicted octanol–water partition coefficient (Wildman–Crippen LogP) is -0.474. The minimum absolute atomic E-state index is 0.0537. The van der Waals surface area contributed by atoms with Gasteiger partial charge in [0.1, 0.15) is 11.7 Å². The van der Waals surface area contributed by atoms with Crippen molar-refractivity contribution in [1.29, 1.82) is 0 Å². The van der Waals surface area contributed by atoms with Crippen molar-refractivity contribution in [3.8, 4) is 0 Å². The molecular weight excluding hydrogens is 288 g/mol. The fourth-order valence-corrected chi connectivity index (χ4v) is 2.34. The fourth-order valence-electron chi connectivity index (χ4n) is 2.34. The molecule has 1 aliphatic heterocycles. The topological polar surface area (TPSA) is 119 Å². The first-order valence-electron chi connectivity index (χ1n) is 6.14. The minimum atomic E-state index is -1.85. The zero-order valence-electron chi connectivity index (χ0n) is 10.9. The Morgan fingerprint density at radius 3 is 2.86 bits per heavy atom. The number of ether oxygens (including phenoxy) is 1. The number of nitrogen functional groups attached to an aromatic ring is 1. The van der Waals surface area contributed by atoms with Crippen LogP contribution in [0.15, 0.2) is 6.33 Å². The molecule has 1 saturated heterocycles. The number of aromatic nitrogens is 4. The van der Waals surface area contributed by atoms with Crippen LogP contribution in [0.25, 0.3) is 11.2 Å². The van der Waals surface area contributed by atoms with Gasteiger partial charge < -0.3 is 20.7 Å². The van der Waals surface area contributed by atoms with Gasteiger partial charge in [0.25, 0.3) is 0 Å². The van der Waals surface area contributed by atoms with E-state index in [2.05, 4.69) is 15.0 Å². The molecule has 2 aromatic rings. The summed E-state index contributed by atoms with van der Waals surface area (Å²) < 4.78 is 34.0. The first kappa shape index (κ1) is 14.0. The Bertz CT molecular complexity index is 696. The molecular formula is C11H13F2N5O3. The largest absolute Gasteiger partial charge is 0.393 e. The van der Waals surface area contributed by atoms with Gasteiger partial charge in [0.05, 0.1) is 12.9 Å². The average Bonchev–Trinajstić information content (AvgIpc) is 2.95. The van der Waals surface area contributed by atoms with E-state index in [1.54, 1.807) is 0 Å². The number of nitrogens with two attached hydrogens (primary N) is 1. The van der Waals surface area contributed by atoms with Crippen LogP contribution in [0.5, 0.6) is 0 Å². The van der Waals surface area contributed by atoms with Crippen LogP contribution < -0.4 is 5.73 Å². The van der Waals surface area contributed by atoms with E-state index in [1.165, 1.54) is 13.3 Å². The van der Waals surface area contributed by atoms with E-state index in [0.29, 0.717) is 0 Å². The van der Waals surface area contributed by atoms with Gasteiger partial charge in [0.15, 0.2) is 29.4 Å². The number of fused-ring (bicyclic) bond motifs is 1. The number of aliphatic hydroxyl groups excluding tert-OH is 2. The summed E-state index contributed by atoms with van der Waals surface area (Å²) in [5.74, 6) is -0.185. The lowest BCUT2D eigenvalue weighted by atomic mass is 9.99. The first-order valence-corrected chi connectivity index (χ1v) is 6.14. The summed E-state index contributed by atoms with van der Waals surface area (Å²) in [6.07, 6.45) is -4.62. The second-order valence-corrected chi connectivity index (χ2v) is 5.07. The Balaban J connectivity index is 2.10. The molecule has 4 unspecified atom stereocenters. The Morgan fingerprint density at radius 2 is 2.24 bits per heavy atom. The minimum Gasteiger partial charge on any atom is -0.393 e. The van der Waals surface area contributed by atoms with E-state index < -0.39 is 36.8 Å². The van der Waals surface area contributed by atoms with Crippen LogP contribution in [-0.4, -0.2) is 54.2 Å². The molecule has 10 heteroatoms. The highest BCUT2D eigenvalue weighted by atomic mass is 19.1. The molecule has 2 aromatic heterocycles. The maximum Gasteiger partial charge on any atom is 0.312 e. The molecule has 3 heterocycles. The number of halogens is 2. The van der Waals surface area contributed by atoms with E-state index in [4.69, 9.17) is 10.5 Å². The van der Waals surface area contributed by atoms with Crippen molar-refractivity contribution in [2.75, 3.05) is 12.3 Å². The van der Waals surface area contributed by atoms with Crippen LogP contribution in [0.3, 0.4) is 0 Å². The first-order chi connectivity index (χ1) is 9.87. The summed E-state index contributed by atoms with van der Waals surface area (Å²) in [6.45, 7) is 0.788. The lowest BCUT2D eigenvalue weighted by Crippen LogP contribution is -2.42. The second kappa shape index (κ2) is 4.55. The van der Waals surface area contributed by atoms with E-state index in [0.717, 1.165) is 4.57 Å². The van der Waals surface area contributed by atoms with Gasteiger partial charge >= 0.3 is 6.08 Å². The van der Waals surface area contributed by atoms with E-state index >= 15 is 0 Å². The summed E-state index contributed by atoms with van der Waals surface area (Å²) in [7, 11) is 0. The molecule has 1 aliphatic rings. The molecule has 0 amide bonds. The molecule has 114 valence electrons.